The molecule has 0 spiro atoms. The van der Waals surface area contributed by atoms with E-state index in [1.165, 1.54) is 19.4 Å². The van der Waals surface area contributed by atoms with Crippen LogP contribution in [-0.2, 0) is 9.53 Å². The van der Waals surface area contributed by atoms with Crippen molar-refractivity contribution in [3.05, 3.63) is 84.3 Å². The van der Waals surface area contributed by atoms with Gasteiger partial charge in [-0.05, 0) is 42.8 Å². The first-order valence-corrected chi connectivity index (χ1v) is 10.7. The summed E-state index contributed by atoms with van der Waals surface area (Å²) in [7, 11) is 1.37. The summed E-state index contributed by atoms with van der Waals surface area (Å²) in [4.78, 5) is 38.2. The summed E-state index contributed by atoms with van der Waals surface area (Å²) < 4.78 is 10.7. The van der Waals surface area contributed by atoms with Crippen molar-refractivity contribution in [3.63, 3.8) is 0 Å². The third kappa shape index (κ3) is 4.83. The maximum Gasteiger partial charge on any atom is 0.310 e. The highest BCUT2D eigenvalue weighted by atomic mass is 16.5. The molecule has 0 unspecified atom stereocenters. The van der Waals surface area contributed by atoms with Crippen LogP contribution in [0.4, 0.5) is 0 Å². The summed E-state index contributed by atoms with van der Waals surface area (Å²) in [6.45, 7) is 4.62. The molecule has 1 saturated heterocycles. The van der Waals surface area contributed by atoms with Crippen molar-refractivity contribution in [1.82, 2.24) is 14.9 Å². The number of hydrogen-bond acceptors (Lipinski definition) is 8. The number of carbonyl (C=O) groups is 2. The zero-order valence-electron chi connectivity index (χ0n) is 18.7. The summed E-state index contributed by atoms with van der Waals surface area (Å²) in [5.74, 6) is 0.435. The lowest BCUT2D eigenvalue weighted by Crippen LogP contribution is -2.29. The number of aliphatic imine (C=N–C) groups is 1. The second-order valence-corrected chi connectivity index (χ2v) is 7.72. The maximum absolute atomic E-state index is 12.8. The molecule has 0 radical (unpaired) electrons. The van der Waals surface area contributed by atoms with Gasteiger partial charge in [0.05, 0.1) is 24.1 Å². The monoisotopic (exact) mass is 459 g/mol. The molecule has 0 bridgehead atoms. The summed E-state index contributed by atoms with van der Waals surface area (Å²) >= 11 is 0. The molecular weight excluding hydrogens is 434 g/mol. The van der Waals surface area contributed by atoms with E-state index in [0.717, 1.165) is 11.0 Å². The van der Waals surface area contributed by atoms with Crippen molar-refractivity contribution >= 4 is 29.0 Å². The van der Waals surface area contributed by atoms with Crippen LogP contribution < -0.4 is 10.5 Å². The minimum Gasteiger partial charge on any atom is -0.469 e. The molecule has 1 aromatic heterocycles. The zero-order chi connectivity index (χ0) is 24.1. The Labute approximate surface area is 196 Å². The number of ether oxygens (including phenoxy) is 2. The Kier molecular flexibility index (Phi) is 6.72. The molecule has 1 aliphatic heterocycles. The fourth-order valence-corrected chi connectivity index (χ4v) is 3.72. The number of nitrogens with one attached hydrogen (secondary N) is 1. The summed E-state index contributed by atoms with van der Waals surface area (Å²) in [5.41, 5.74) is 8.31. The molecule has 2 heterocycles. The molecule has 174 valence electrons. The van der Waals surface area contributed by atoms with E-state index in [-0.39, 0.29) is 29.4 Å². The molecule has 1 aliphatic rings. The minimum atomic E-state index is -0.267. The van der Waals surface area contributed by atoms with E-state index in [9.17, 15) is 9.59 Å². The summed E-state index contributed by atoms with van der Waals surface area (Å²) in [5, 5.41) is 0. The van der Waals surface area contributed by atoms with E-state index < -0.39 is 0 Å². The fraction of sp³-hybridized carbons (Fsp3) is 0.200. The van der Waals surface area contributed by atoms with Gasteiger partial charge in [0, 0.05) is 24.9 Å². The Hall–Kier alpha value is -4.40. The number of aromatic amines is 1. The second kappa shape index (κ2) is 10.0. The molecule has 4 rings (SSSR count). The number of nitrogens with zero attached hydrogens (tertiary/aromatic N) is 3. The lowest BCUT2D eigenvalue weighted by Gasteiger charge is -2.20. The van der Waals surface area contributed by atoms with Gasteiger partial charge in [-0.25, -0.2) is 9.98 Å². The van der Waals surface area contributed by atoms with Gasteiger partial charge in [0.15, 0.2) is 11.6 Å². The van der Waals surface area contributed by atoms with Crippen molar-refractivity contribution < 1.29 is 19.1 Å². The molecule has 9 nitrogen and oxygen atoms in total. The number of benzene rings is 2. The van der Waals surface area contributed by atoms with Gasteiger partial charge in [0.1, 0.15) is 5.75 Å². The van der Waals surface area contributed by atoms with Crippen LogP contribution in [0.5, 0.6) is 5.75 Å². The fourth-order valence-electron chi connectivity index (χ4n) is 3.72. The quantitative estimate of drug-likeness (QED) is 0.230. The van der Waals surface area contributed by atoms with Crippen molar-refractivity contribution in [2.75, 3.05) is 20.2 Å². The SMILES string of the molecule is C=C/C=N\C(Oc1ccc(C(=O)c2nc3ccccc3[nH]2)cc1)=C(/N)N1CC[C@@H](C(=O)OC)C1. The van der Waals surface area contributed by atoms with Crippen LogP contribution in [0, 0.1) is 5.92 Å². The molecule has 0 aliphatic carbocycles. The van der Waals surface area contributed by atoms with Crippen molar-refractivity contribution in [3.8, 4) is 5.75 Å². The average molecular weight is 460 g/mol. The number of imidazole rings is 1. The van der Waals surface area contributed by atoms with Crippen LogP contribution in [0.1, 0.15) is 22.6 Å². The Balaban J connectivity index is 1.51. The van der Waals surface area contributed by atoms with Crippen LogP contribution in [0.25, 0.3) is 11.0 Å². The Morgan fingerprint density at radius 3 is 2.71 bits per heavy atom. The lowest BCUT2D eigenvalue weighted by atomic mass is 10.1. The molecule has 0 saturated carbocycles. The largest absolute Gasteiger partial charge is 0.469 e. The van der Waals surface area contributed by atoms with Gasteiger partial charge in [-0.3, -0.25) is 9.59 Å². The standard InChI is InChI=1S/C25H25N5O4/c1-3-13-27-24(22(26)30-14-12-17(15-30)25(32)33-2)34-18-10-8-16(9-11-18)21(31)23-28-19-6-4-5-7-20(19)29-23/h3-11,13,17H,1,12,14-15,26H2,2H3,(H,28,29)/b24-22-,27-13-/t17-/m1/s1. The van der Waals surface area contributed by atoms with Crippen LogP contribution in [-0.4, -0.2) is 53.0 Å². The first-order valence-electron chi connectivity index (χ1n) is 10.7. The van der Waals surface area contributed by atoms with E-state index in [1.54, 1.807) is 24.3 Å². The number of ketones is 1. The van der Waals surface area contributed by atoms with Crippen molar-refractivity contribution in [1.29, 1.82) is 0 Å². The lowest BCUT2D eigenvalue weighted by molar-refractivity contribution is -0.144. The number of hydrogen-bond donors (Lipinski definition) is 2. The van der Waals surface area contributed by atoms with Gasteiger partial charge in [0.2, 0.25) is 5.78 Å². The Morgan fingerprint density at radius 1 is 1.24 bits per heavy atom. The molecule has 3 aromatic rings. The molecule has 2 aromatic carbocycles. The highest BCUT2D eigenvalue weighted by molar-refractivity contribution is 6.08. The van der Waals surface area contributed by atoms with Gasteiger partial charge < -0.3 is 25.1 Å². The van der Waals surface area contributed by atoms with E-state index in [4.69, 9.17) is 15.2 Å². The number of likely N-dealkylation sites (tertiary alicyclic amines) is 1. The molecule has 1 atom stereocenters. The topological polar surface area (TPSA) is 123 Å². The number of aromatic nitrogens is 2. The van der Waals surface area contributed by atoms with Crippen LogP contribution in [0.15, 0.2) is 77.9 Å². The van der Waals surface area contributed by atoms with E-state index in [0.29, 0.717) is 36.6 Å². The Bertz CT molecular complexity index is 1240. The number of fused-ring (bicyclic) bond motifs is 1. The van der Waals surface area contributed by atoms with Gasteiger partial charge >= 0.3 is 5.97 Å². The first kappa shape index (κ1) is 22.8. The molecule has 1 fully saturated rings. The predicted molar refractivity (Wildman–Crippen MR) is 128 cm³/mol. The van der Waals surface area contributed by atoms with Crippen molar-refractivity contribution in [2.24, 2.45) is 16.6 Å². The van der Waals surface area contributed by atoms with E-state index >= 15 is 0 Å². The molecule has 34 heavy (non-hydrogen) atoms. The highest BCUT2D eigenvalue weighted by Gasteiger charge is 2.31. The Morgan fingerprint density at radius 2 is 2.00 bits per heavy atom. The highest BCUT2D eigenvalue weighted by Crippen LogP contribution is 2.24. The summed E-state index contributed by atoms with van der Waals surface area (Å²) in [6.07, 6.45) is 3.60. The molecular formula is C25H25N5O4. The number of allylic oxidation sites excluding steroid dienone is 1. The molecule has 3 N–H and O–H groups in total. The molecule has 0 amide bonds. The minimum absolute atomic E-state index is 0.168. The number of carbonyl (C=O) groups excluding carboxylic acids is 2. The second-order valence-electron chi connectivity index (χ2n) is 7.72. The van der Waals surface area contributed by atoms with E-state index in [2.05, 4.69) is 21.5 Å². The summed E-state index contributed by atoms with van der Waals surface area (Å²) in [6, 6.07) is 14.1. The maximum atomic E-state index is 12.8. The first-order chi connectivity index (χ1) is 16.5. The van der Waals surface area contributed by atoms with Crippen LogP contribution >= 0.6 is 0 Å². The van der Waals surface area contributed by atoms with Gasteiger partial charge in [-0.2, -0.15) is 0 Å². The van der Waals surface area contributed by atoms with Gasteiger partial charge in [-0.15, -0.1) is 0 Å². The number of methoxy groups -OCH3 is 1. The number of rotatable bonds is 8. The predicted octanol–water partition coefficient (Wildman–Crippen LogP) is 3.01. The zero-order valence-corrected chi connectivity index (χ0v) is 18.7. The third-order valence-electron chi connectivity index (χ3n) is 5.52. The molecule has 9 heteroatoms. The third-order valence-corrected chi connectivity index (χ3v) is 5.52. The smallest absolute Gasteiger partial charge is 0.310 e. The normalized spacial score (nSPS) is 16.5. The van der Waals surface area contributed by atoms with Crippen molar-refractivity contribution in [2.45, 2.75) is 6.42 Å². The average Bonchev–Trinajstić information content (AvgIpc) is 3.53. The number of nitrogens with two attached hydrogens (primary N) is 1. The van der Waals surface area contributed by atoms with E-state index in [1.807, 2.05) is 29.2 Å². The number of para-hydroxylation sites is 2. The van der Waals surface area contributed by atoms with Crippen LogP contribution in [0.2, 0.25) is 0 Å². The number of H-pyrrole nitrogens is 1. The van der Waals surface area contributed by atoms with Gasteiger partial charge in [-0.1, -0.05) is 24.8 Å². The van der Waals surface area contributed by atoms with Crippen LogP contribution in [0.3, 0.4) is 0 Å². The van der Waals surface area contributed by atoms with Gasteiger partial charge in [0.25, 0.3) is 5.88 Å². The number of esters is 1.